The first kappa shape index (κ1) is 22.3. The van der Waals surface area contributed by atoms with Crippen LogP contribution in [0.2, 0.25) is 0 Å². The van der Waals surface area contributed by atoms with Gasteiger partial charge in [-0.05, 0) is 73.5 Å². The monoisotopic (exact) mass is 476 g/mol. The second kappa shape index (κ2) is 10.2. The first-order valence-corrected chi connectivity index (χ1v) is 12.0. The molecule has 2 aliphatic heterocycles. The molecule has 2 fully saturated rings. The summed E-state index contributed by atoms with van der Waals surface area (Å²) in [6.45, 7) is 3.40. The van der Waals surface area contributed by atoms with Crippen molar-refractivity contribution in [1.29, 1.82) is 0 Å². The maximum Gasteiger partial charge on any atom is 0.290 e. The molecule has 5 heterocycles. The first-order valence-electron chi connectivity index (χ1n) is 11.2. The lowest BCUT2D eigenvalue weighted by Gasteiger charge is -2.32. The van der Waals surface area contributed by atoms with Gasteiger partial charge >= 0.3 is 0 Å². The number of nitrogens with one attached hydrogen (secondary N) is 2. The fourth-order valence-electron chi connectivity index (χ4n) is 4.01. The molecule has 2 saturated heterocycles. The average Bonchev–Trinajstić information content (AvgIpc) is 3.50. The van der Waals surface area contributed by atoms with E-state index in [1.165, 1.54) is 0 Å². The normalized spacial score (nSPS) is 18.0. The number of imide groups is 1. The van der Waals surface area contributed by atoms with Crippen molar-refractivity contribution in [2.24, 2.45) is 5.92 Å². The van der Waals surface area contributed by atoms with E-state index in [4.69, 9.17) is 4.42 Å². The van der Waals surface area contributed by atoms with Crippen LogP contribution in [0.5, 0.6) is 0 Å². The third kappa shape index (κ3) is 5.35. The predicted octanol–water partition coefficient (Wildman–Crippen LogP) is 3.46. The number of hydrogen-bond donors (Lipinski definition) is 2. The van der Waals surface area contributed by atoms with Gasteiger partial charge in [-0.25, -0.2) is 9.97 Å². The number of amides is 2. The molecule has 34 heavy (non-hydrogen) atoms. The van der Waals surface area contributed by atoms with E-state index in [0.29, 0.717) is 22.5 Å². The van der Waals surface area contributed by atoms with Gasteiger partial charge in [0.05, 0.1) is 22.6 Å². The minimum Gasteiger partial charge on any atom is -0.464 e. The van der Waals surface area contributed by atoms with Crippen LogP contribution < -0.4 is 15.5 Å². The van der Waals surface area contributed by atoms with E-state index in [-0.39, 0.29) is 11.1 Å². The van der Waals surface area contributed by atoms with Crippen molar-refractivity contribution in [3.63, 3.8) is 0 Å². The fraction of sp³-hybridized carbons (Fsp3) is 0.292. The second-order valence-corrected chi connectivity index (χ2v) is 9.23. The summed E-state index contributed by atoms with van der Waals surface area (Å²) >= 11 is 0.888. The number of thioether (sulfide) groups is 1. The highest BCUT2D eigenvalue weighted by Crippen LogP contribution is 2.26. The van der Waals surface area contributed by atoms with E-state index in [0.717, 1.165) is 67.8 Å². The van der Waals surface area contributed by atoms with E-state index in [9.17, 15) is 9.59 Å². The first-order chi connectivity index (χ1) is 16.6. The summed E-state index contributed by atoms with van der Waals surface area (Å²) in [5, 5.41) is 5.42. The number of carbonyl (C=O) groups is 2. The van der Waals surface area contributed by atoms with Gasteiger partial charge in [-0.1, -0.05) is 0 Å². The van der Waals surface area contributed by atoms with Gasteiger partial charge in [-0.15, -0.1) is 0 Å². The van der Waals surface area contributed by atoms with Gasteiger partial charge in [-0.3, -0.25) is 19.9 Å². The maximum atomic E-state index is 11.8. The standard InChI is InChI=1S/C24H24N6O3S/c31-22-21(34-24(32)29-22)12-18-5-8-26-23(28-18)30-9-6-16(7-10-30)13-25-15-19-4-3-17(14-27-19)20-2-1-11-33-20/h1-5,8,11-12,14,16,25H,6-7,9-10,13,15H2,(H,29,31,32)/b21-12-. The molecule has 10 heteroatoms. The summed E-state index contributed by atoms with van der Waals surface area (Å²) < 4.78 is 5.40. The lowest BCUT2D eigenvalue weighted by Crippen LogP contribution is -2.38. The Morgan fingerprint density at radius 3 is 2.76 bits per heavy atom. The Bertz CT molecular complexity index is 1190. The molecule has 0 aliphatic carbocycles. The van der Waals surface area contributed by atoms with Crippen LogP contribution in [0.4, 0.5) is 10.7 Å². The Morgan fingerprint density at radius 1 is 1.18 bits per heavy atom. The van der Waals surface area contributed by atoms with Gasteiger partial charge in [-0.2, -0.15) is 0 Å². The second-order valence-electron chi connectivity index (χ2n) is 8.21. The molecule has 9 nitrogen and oxygen atoms in total. The van der Waals surface area contributed by atoms with Gasteiger partial charge in [0.2, 0.25) is 5.95 Å². The summed E-state index contributed by atoms with van der Waals surface area (Å²) in [4.78, 5) is 39.1. The zero-order chi connectivity index (χ0) is 23.3. The molecule has 0 saturated carbocycles. The molecule has 0 aromatic carbocycles. The summed E-state index contributed by atoms with van der Waals surface area (Å²) in [7, 11) is 0. The quantitative estimate of drug-likeness (QED) is 0.495. The summed E-state index contributed by atoms with van der Waals surface area (Å²) in [5.41, 5.74) is 2.59. The molecule has 2 amide bonds. The van der Waals surface area contributed by atoms with Crippen molar-refractivity contribution in [2.75, 3.05) is 24.5 Å². The van der Waals surface area contributed by atoms with E-state index >= 15 is 0 Å². The summed E-state index contributed by atoms with van der Waals surface area (Å²) in [6.07, 6.45) is 8.90. The molecule has 0 unspecified atom stereocenters. The van der Waals surface area contributed by atoms with Crippen LogP contribution in [0.25, 0.3) is 17.4 Å². The van der Waals surface area contributed by atoms with Crippen molar-refractivity contribution in [1.82, 2.24) is 25.6 Å². The van der Waals surface area contributed by atoms with E-state index in [1.807, 2.05) is 30.5 Å². The van der Waals surface area contributed by atoms with Crippen molar-refractivity contribution < 1.29 is 14.0 Å². The van der Waals surface area contributed by atoms with Gasteiger partial charge in [0.1, 0.15) is 5.76 Å². The van der Waals surface area contributed by atoms with Crippen LogP contribution in [0.1, 0.15) is 24.2 Å². The molecule has 2 aliphatic rings. The Labute approximate surface area is 201 Å². The zero-order valence-corrected chi connectivity index (χ0v) is 19.3. The van der Waals surface area contributed by atoms with E-state index in [2.05, 4.69) is 30.5 Å². The molecule has 3 aromatic rings. The zero-order valence-electron chi connectivity index (χ0n) is 18.4. The van der Waals surface area contributed by atoms with Gasteiger partial charge < -0.3 is 14.6 Å². The maximum absolute atomic E-state index is 11.8. The van der Waals surface area contributed by atoms with Crippen molar-refractivity contribution in [3.05, 3.63) is 65.3 Å². The molecule has 0 spiro atoms. The Morgan fingerprint density at radius 2 is 2.06 bits per heavy atom. The predicted molar refractivity (Wildman–Crippen MR) is 130 cm³/mol. The van der Waals surface area contributed by atoms with Crippen LogP contribution in [-0.2, 0) is 11.3 Å². The highest BCUT2D eigenvalue weighted by Gasteiger charge is 2.25. The average molecular weight is 477 g/mol. The third-order valence-electron chi connectivity index (χ3n) is 5.85. The highest BCUT2D eigenvalue weighted by molar-refractivity contribution is 8.18. The number of aromatic nitrogens is 3. The van der Waals surface area contributed by atoms with Gasteiger partial charge in [0.25, 0.3) is 11.1 Å². The number of hydrogen-bond acceptors (Lipinski definition) is 9. The minimum absolute atomic E-state index is 0.351. The molecule has 5 rings (SSSR count). The summed E-state index contributed by atoms with van der Waals surface area (Å²) in [6, 6.07) is 9.58. The smallest absolute Gasteiger partial charge is 0.290 e. The Balaban J connectivity index is 1.09. The molecular formula is C24H24N6O3S. The van der Waals surface area contributed by atoms with Crippen LogP contribution in [0, 0.1) is 5.92 Å². The molecule has 3 aromatic heterocycles. The summed E-state index contributed by atoms with van der Waals surface area (Å²) in [5.74, 6) is 1.67. The number of carbonyl (C=O) groups excluding carboxylic acids is 2. The number of rotatable bonds is 7. The third-order valence-corrected chi connectivity index (χ3v) is 6.66. The lowest BCUT2D eigenvalue weighted by molar-refractivity contribution is -0.115. The van der Waals surface area contributed by atoms with Crippen LogP contribution in [0.15, 0.2) is 58.3 Å². The Kier molecular flexibility index (Phi) is 6.68. The fourth-order valence-corrected chi connectivity index (χ4v) is 4.68. The Hall–Kier alpha value is -3.50. The van der Waals surface area contributed by atoms with E-state index in [1.54, 1.807) is 24.6 Å². The highest BCUT2D eigenvalue weighted by atomic mass is 32.2. The van der Waals surface area contributed by atoms with Crippen LogP contribution >= 0.6 is 11.8 Å². The molecular weight excluding hydrogens is 452 g/mol. The van der Waals surface area contributed by atoms with Crippen LogP contribution in [-0.4, -0.2) is 45.7 Å². The molecule has 0 atom stereocenters. The van der Waals surface area contributed by atoms with Crippen molar-refractivity contribution in [3.8, 4) is 11.3 Å². The van der Waals surface area contributed by atoms with Crippen molar-refractivity contribution >= 4 is 34.9 Å². The number of anilines is 1. The number of nitrogens with zero attached hydrogens (tertiary/aromatic N) is 4. The van der Waals surface area contributed by atoms with E-state index < -0.39 is 0 Å². The minimum atomic E-state index is -0.382. The largest absolute Gasteiger partial charge is 0.464 e. The van der Waals surface area contributed by atoms with Crippen molar-refractivity contribution in [2.45, 2.75) is 19.4 Å². The van der Waals surface area contributed by atoms with Gasteiger partial charge in [0, 0.05) is 37.6 Å². The van der Waals surface area contributed by atoms with Crippen LogP contribution in [0.3, 0.4) is 0 Å². The number of furan rings is 1. The number of piperidine rings is 1. The SMILES string of the molecule is O=C1NC(=O)/C(=C/c2ccnc(N3CCC(CNCc4ccc(-c5ccco5)cn4)CC3)n2)S1. The number of pyridine rings is 1. The molecule has 174 valence electrons. The van der Waals surface area contributed by atoms with Gasteiger partial charge in [0.15, 0.2) is 0 Å². The lowest BCUT2D eigenvalue weighted by atomic mass is 9.97. The molecule has 0 bridgehead atoms. The molecule has 0 radical (unpaired) electrons. The molecule has 2 N–H and O–H groups in total. The topological polar surface area (TPSA) is 113 Å².